The fourth-order valence-electron chi connectivity index (χ4n) is 2.75. The number of Topliss-reactive ketones (excluding diaryl/α,β-unsaturated/α-hetero) is 1. The summed E-state index contributed by atoms with van der Waals surface area (Å²) in [6.45, 7) is 0. The number of nitrogens with two attached hydrogens (primary N) is 1. The molecule has 1 atom stereocenters. The molecular formula is C16H16N2O. The first-order chi connectivity index (χ1) is 9.24. The van der Waals surface area contributed by atoms with Gasteiger partial charge in [-0.05, 0) is 42.2 Å². The Labute approximate surface area is 112 Å². The second-order valence-electron chi connectivity index (χ2n) is 5.03. The lowest BCUT2D eigenvalue weighted by atomic mass is 9.95. The monoisotopic (exact) mass is 252 g/mol. The first-order valence-corrected chi connectivity index (χ1v) is 6.55. The Morgan fingerprint density at radius 3 is 3.05 bits per heavy atom. The second kappa shape index (κ2) is 4.84. The van der Waals surface area contributed by atoms with Crippen LogP contribution < -0.4 is 5.73 Å². The molecular weight excluding hydrogens is 236 g/mol. The number of nitrogen functional groups attached to an aromatic ring is 1. The SMILES string of the molecule is Nc1cccc(CC(=O)C2CCc3cccnc32)c1. The fourth-order valence-corrected chi connectivity index (χ4v) is 2.75. The average molecular weight is 252 g/mol. The molecule has 1 aromatic heterocycles. The maximum Gasteiger partial charge on any atom is 0.146 e. The van der Waals surface area contributed by atoms with Crippen molar-refractivity contribution in [1.82, 2.24) is 4.98 Å². The third-order valence-corrected chi connectivity index (χ3v) is 3.68. The van der Waals surface area contributed by atoms with Gasteiger partial charge in [-0.1, -0.05) is 18.2 Å². The van der Waals surface area contributed by atoms with E-state index in [0.717, 1.165) is 24.1 Å². The maximum atomic E-state index is 12.4. The highest BCUT2D eigenvalue weighted by molar-refractivity contribution is 5.88. The summed E-state index contributed by atoms with van der Waals surface area (Å²) in [6, 6.07) is 11.5. The number of carbonyl (C=O) groups excluding carboxylic acids is 1. The molecule has 0 saturated heterocycles. The minimum absolute atomic E-state index is 0.0439. The summed E-state index contributed by atoms with van der Waals surface area (Å²) in [5.41, 5.74) is 9.61. The lowest BCUT2D eigenvalue weighted by molar-refractivity contribution is -0.119. The molecule has 1 unspecified atom stereocenters. The molecule has 0 fully saturated rings. The van der Waals surface area contributed by atoms with Gasteiger partial charge in [0.1, 0.15) is 5.78 Å². The molecule has 96 valence electrons. The van der Waals surface area contributed by atoms with Crippen molar-refractivity contribution >= 4 is 11.5 Å². The van der Waals surface area contributed by atoms with Crippen LogP contribution in [0.15, 0.2) is 42.6 Å². The predicted molar refractivity (Wildman–Crippen MR) is 74.9 cm³/mol. The number of ketones is 1. The van der Waals surface area contributed by atoms with Gasteiger partial charge in [-0.15, -0.1) is 0 Å². The van der Waals surface area contributed by atoms with E-state index in [9.17, 15) is 4.79 Å². The van der Waals surface area contributed by atoms with Crippen molar-refractivity contribution in [2.75, 3.05) is 5.73 Å². The second-order valence-corrected chi connectivity index (χ2v) is 5.03. The molecule has 1 aliphatic rings. The van der Waals surface area contributed by atoms with Crippen LogP contribution in [0.2, 0.25) is 0 Å². The summed E-state index contributed by atoms with van der Waals surface area (Å²) in [7, 11) is 0. The van der Waals surface area contributed by atoms with Crippen LogP contribution in [0.3, 0.4) is 0 Å². The number of aryl methyl sites for hydroxylation is 1. The number of benzene rings is 1. The molecule has 0 amide bonds. The van der Waals surface area contributed by atoms with Crippen LogP contribution in [0.5, 0.6) is 0 Å². The molecule has 0 aliphatic heterocycles. The average Bonchev–Trinajstić information content (AvgIpc) is 2.82. The van der Waals surface area contributed by atoms with Crippen LogP contribution >= 0.6 is 0 Å². The molecule has 0 bridgehead atoms. The molecule has 2 aromatic rings. The van der Waals surface area contributed by atoms with E-state index >= 15 is 0 Å². The molecule has 1 aromatic carbocycles. The normalized spacial score (nSPS) is 17.2. The molecule has 3 heteroatoms. The van der Waals surface area contributed by atoms with Crippen LogP contribution in [0.25, 0.3) is 0 Å². The zero-order valence-corrected chi connectivity index (χ0v) is 10.7. The number of hydrogen-bond acceptors (Lipinski definition) is 3. The van der Waals surface area contributed by atoms with E-state index < -0.39 is 0 Å². The number of hydrogen-bond donors (Lipinski definition) is 1. The smallest absolute Gasteiger partial charge is 0.146 e. The quantitative estimate of drug-likeness (QED) is 0.854. The first-order valence-electron chi connectivity index (χ1n) is 6.55. The number of anilines is 1. The lowest BCUT2D eigenvalue weighted by Crippen LogP contribution is -2.13. The largest absolute Gasteiger partial charge is 0.399 e. The standard InChI is InChI=1S/C16H16N2O/c17-13-5-1-3-11(9-13)10-15(19)14-7-6-12-4-2-8-18-16(12)14/h1-5,8-9,14H,6-7,10,17H2. The number of carbonyl (C=O) groups is 1. The molecule has 1 aliphatic carbocycles. The van der Waals surface area contributed by atoms with Gasteiger partial charge in [0.05, 0.1) is 11.6 Å². The highest BCUT2D eigenvalue weighted by Crippen LogP contribution is 2.32. The zero-order chi connectivity index (χ0) is 13.2. The Bertz CT molecular complexity index is 622. The zero-order valence-electron chi connectivity index (χ0n) is 10.7. The molecule has 1 heterocycles. The fraction of sp³-hybridized carbons (Fsp3) is 0.250. The van der Waals surface area contributed by atoms with Gasteiger partial charge in [-0.3, -0.25) is 9.78 Å². The minimum atomic E-state index is -0.0439. The third-order valence-electron chi connectivity index (χ3n) is 3.68. The van der Waals surface area contributed by atoms with Crippen molar-refractivity contribution in [2.24, 2.45) is 0 Å². The Morgan fingerprint density at radius 1 is 1.32 bits per heavy atom. The van der Waals surface area contributed by atoms with Crippen LogP contribution in [0.1, 0.15) is 29.2 Å². The molecule has 3 rings (SSSR count). The maximum absolute atomic E-state index is 12.4. The third kappa shape index (κ3) is 2.36. The van der Waals surface area contributed by atoms with E-state index in [1.807, 2.05) is 30.3 Å². The highest BCUT2D eigenvalue weighted by atomic mass is 16.1. The summed E-state index contributed by atoms with van der Waals surface area (Å²) in [6.07, 6.45) is 4.04. The molecule has 19 heavy (non-hydrogen) atoms. The van der Waals surface area contributed by atoms with Crippen molar-refractivity contribution in [3.63, 3.8) is 0 Å². The summed E-state index contributed by atoms with van der Waals surface area (Å²) in [5, 5.41) is 0. The van der Waals surface area contributed by atoms with Gasteiger partial charge >= 0.3 is 0 Å². The highest BCUT2D eigenvalue weighted by Gasteiger charge is 2.29. The Hall–Kier alpha value is -2.16. The van der Waals surface area contributed by atoms with Gasteiger partial charge in [0.25, 0.3) is 0 Å². The van der Waals surface area contributed by atoms with Gasteiger partial charge in [-0.25, -0.2) is 0 Å². The van der Waals surface area contributed by atoms with E-state index in [0.29, 0.717) is 12.1 Å². The molecule has 2 N–H and O–H groups in total. The number of rotatable bonds is 3. The number of nitrogens with zero attached hydrogens (tertiary/aromatic N) is 1. The Balaban J connectivity index is 1.79. The number of aromatic nitrogens is 1. The van der Waals surface area contributed by atoms with E-state index in [2.05, 4.69) is 11.1 Å². The van der Waals surface area contributed by atoms with Crippen LogP contribution in [0.4, 0.5) is 5.69 Å². The number of fused-ring (bicyclic) bond motifs is 1. The van der Waals surface area contributed by atoms with E-state index in [4.69, 9.17) is 5.73 Å². The predicted octanol–water partition coefficient (Wildman–Crippen LogP) is 2.51. The molecule has 0 saturated carbocycles. The van der Waals surface area contributed by atoms with Gasteiger partial charge in [0, 0.05) is 18.3 Å². The first kappa shape index (κ1) is 11.9. The summed E-state index contributed by atoms with van der Waals surface area (Å²) >= 11 is 0. The molecule has 3 nitrogen and oxygen atoms in total. The van der Waals surface area contributed by atoms with Gasteiger partial charge in [-0.2, -0.15) is 0 Å². The van der Waals surface area contributed by atoms with Crippen LogP contribution in [-0.2, 0) is 17.6 Å². The van der Waals surface area contributed by atoms with E-state index in [1.54, 1.807) is 6.20 Å². The summed E-state index contributed by atoms with van der Waals surface area (Å²) in [5.74, 6) is 0.195. The summed E-state index contributed by atoms with van der Waals surface area (Å²) < 4.78 is 0. The topological polar surface area (TPSA) is 56.0 Å². The van der Waals surface area contributed by atoms with Gasteiger partial charge in [0.2, 0.25) is 0 Å². The van der Waals surface area contributed by atoms with Crippen molar-refractivity contribution in [1.29, 1.82) is 0 Å². The van der Waals surface area contributed by atoms with Crippen molar-refractivity contribution in [3.8, 4) is 0 Å². The van der Waals surface area contributed by atoms with Gasteiger partial charge < -0.3 is 5.73 Å². The van der Waals surface area contributed by atoms with Crippen molar-refractivity contribution in [2.45, 2.75) is 25.2 Å². The van der Waals surface area contributed by atoms with E-state index in [-0.39, 0.29) is 11.7 Å². The summed E-state index contributed by atoms with van der Waals surface area (Å²) in [4.78, 5) is 16.8. The van der Waals surface area contributed by atoms with Crippen molar-refractivity contribution in [3.05, 3.63) is 59.4 Å². The molecule has 0 radical (unpaired) electrons. The van der Waals surface area contributed by atoms with Gasteiger partial charge in [0.15, 0.2) is 0 Å². The van der Waals surface area contributed by atoms with Crippen LogP contribution in [0, 0.1) is 0 Å². The Morgan fingerprint density at radius 2 is 2.21 bits per heavy atom. The Kier molecular flexibility index (Phi) is 3.03. The van der Waals surface area contributed by atoms with Crippen molar-refractivity contribution < 1.29 is 4.79 Å². The number of pyridine rings is 1. The van der Waals surface area contributed by atoms with E-state index in [1.165, 1.54) is 5.56 Å². The minimum Gasteiger partial charge on any atom is -0.399 e. The van der Waals surface area contributed by atoms with Crippen LogP contribution in [-0.4, -0.2) is 10.8 Å². The lowest BCUT2D eigenvalue weighted by Gasteiger charge is -2.09. The molecule has 0 spiro atoms.